The van der Waals surface area contributed by atoms with E-state index in [9.17, 15) is 13.2 Å². The molecular formula is C17H19ClN2O4S. The molecule has 1 amide bonds. The molecule has 0 radical (unpaired) electrons. The van der Waals surface area contributed by atoms with E-state index in [-0.39, 0.29) is 11.5 Å². The Balaban J connectivity index is 2.10. The highest BCUT2D eigenvalue weighted by atomic mass is 35.5. The first kappa shape index (κ1) is 19.2. The number of anilines is 1. The largest absolute Gasteiger partial charge is 0.484 e. The van der Waals surface area contributed by atoms with E-state index in [4.69, 9.17) is 16.3 Å². The van der Waals surface area contributed by atoms with E-state index in [0.717, 1.165) is 9.87 Å². The van der Waals surface area contributed by atoms with Gasteiger partial charge in [-0.25, -0.2) is 12.7 Å². The molecule has 0 fully saturated rings. The van der Waals surface area contributed by atoms with Crippen molar-refractivity contribution < 1.29 is 17.9 Å². The fourth-order valence-electron chi connectivity index (χ4n) is 2.00. The van der Waals surface area contributed by atoms with Gasteiger partial charge in [0.05, 0.1) is 4.90 Å². The second kappa shape index (κ2) is 7.86. The minimum Gasteiger partial charge on any atom is -0.484 e. The third kappa shape index (κ3) is 4.94. The first-order valence-electron chi connectivity index (χ1n) is 7.41. The number of carbonyl (C=O) groups excluding carboxylic acids is 1. The summed E-state index contributed by atoms with van der Waals surface area (Å²) >= 11 is 5.85. The maximum Gasteiger partial charge on any atom is 0.262 e. The molecule has 25 heavy (non-hydrogen) atoms. The summed E-state index contributed by atoms with van der Waals surface area (Å²) in [7, 11) is -0.675. The molecule has 6 nitrogen and oxygen atoms in total. The van der Waals surface area contributed by atoms with E-state index < -0.39 is 15.9 Å². The van der Waals surface area contributed by atoms with Gasteiger partial charge >= 0.3 is 0 Å². The van der Waals surface area contributed by atoms with Gasteiger partial charge in [0.15, 0.2) is 6.61 Å². The Bertz CT molecular complexity index is 882. The Kier molecular flexibility index (Phi) is 6.05. The van der Waals surface area contributed by atoms with Gasteiger partial charge < -0.3 is 10.1 Å². The van der Waals surface area contributed by atoms with Crippen molar-refractivity contribution in [3.05, 3.63) is 53.1 Å². The van der Waals surface area contributed by atoms with Gasteiger partial charge in [-0.2, -0.15) is 0 Å². The molecule has 0 atom stereocenters. The number of ether oxygens (including phenoxy) is 1. The van der Waals surface area contributed by atoms with Crippen LogP contribution in [0.1, 0.15) is 5.56 Å². The van der Waals surface area contributed by atoms with E-state index in [0.29, 0.717) is 16.5 Å². The molecule has 0 aliphatic carbocycles. The summed E-state index contributed by atoms with van der Waals surface area (Å²) in [4.78, 5) is 12.2. The topological polar surface area (TPSA) is 75.7 Å². The van der Waals surface area contributed by atoms with Crippen molar-refractivity contribution in [2.75, 3.05) is 26.0 Å². The van der Waals surface area contributed by atoms with Gasteiger partial charge in [-0.1, -0.05) is 23.7 Å². The predicted molar refractivity (Wildman–Crippen MR) is 97.6 cm³/mol. The number of rotatable bonds is 6. The predicted octanol–water partition coefficient (Wildman–Crippen LogP) is 2.92. The number of hydrogen-bond donors (Lipinski definition) is 1. The standard InChI is InChI=1S/C17H19ClN2O4S/c1-12-7-8-15(25(22,23)20(2)3)10-16(12)19-17(21)11-24-14-6-4-5-13(18)9-14/h4-10H,11H2,1-3H3,(H,19,21). The quantitative estimate of drug-likeness (QED) is 0.833. The lowest BCUT2D eigenvalue weighted by atomic mass is 10.2. The van der Waals surface area contributed by atoms with Crippen LogP contribution >= 0.6 is 11.6 Å². The molecule has 134 valence electrons. The minimum absolute atomic E-state index is 0.106. The molecule has 0 aliphatic rings. The summed E-state index contributed by atoms with van der Waals surface area (Å²) in [6.07, 6.45) is 0. The van der Waals surface area contributed by atoms with Crippen LogP contribution in [-0.2, 0) is 14.8 Å². The Labute approximate surface area is 152 Å². The van der Waals surface area contributed by atoms with Crippen LogP contribution < -0.4 is 10.1 Å². The smallest absolute Gasteiger partial charge is 0.262 e. The highest BCUT2D eigenvalue weighted by molar-refractivity contribution is 7.89. The van der Waals surface area contributed by atoms with Crippen LogP contribution in [0.25, 0.3) is 0 Å². The van der Waals surface area contributed by atoms with Crippen molar-refractivity contribution in [1.29, 1.82) is 0 Å². The average molecular weight is 383 g/mol. The molecule has 0 aliphatic heterocycles. The van der Waals surface area contributed by atoms with Crippen molar-refractivity contribution in [3.8, 4) is 5.75 Å². The van der Waals surface area contributed by atoms with Crippen LogP contribution in [0.15, 0.2) is 47.4 Å². The van der Waals surface area contributed by atoms with Gasteiger partial charge in [0.2, 0.25) is 10.0 Å². The SMILES string of the molecule is Cc1ccc(S(=O)(=O)N(C)C)cc1NC(=O)COc1cccc(Cl)c1. The van der Waals surface area contributed by atoms with Gasteiger partial charge in [-0.3, -0.25) is 4.79 Å². The molecule has 0 aromatic heterocycles. The van der Waals surface area contributed by atoms with Gasteiger partial charge in [0, 0.05) is 24.8 Å². The highest BCUT2D eigenvalue weighted by Crippen LogP contribution is 2.22. The first-order chi connectivity index (χ1) is 11.7. The zero-order chi connectivity index (χ0) is 18.6. The number of sulfonamides is 1. The Morgan fingerprint density at radius 3 is 2.56 bits per heavy atom. The van der Waals surface area contributed by atoms with E-state index >= 15 is 0 Å². The fourth-order valence-corrected chi connectivity index (χ4v) is 3.11. The number of benzene rings is 2. The Morgan fingerprint density at radius 1 is 1.20 bits per heavy atom. The molecule has 0 saturated carbocycles. The van der Waals surface area contributed by atoms with E-state index in [1.54, 1.807) is 37.3 Å². The van der Waals surface area contributed by atoms with Crippen LogP contribution in [0.5, 0.6) is 5.75 Å². The summed E-state index contributed by atoms with van der Waals surface area (Å²) in [6.45, 7) is 1.56. The molecule has 1 N–H and O–H groups in total. The monoisotopic (exact) mass is 382 g/mol. The summed E-state index contributed by atoms with van der Waals surface area (Å²) in [5.74, 6) is 0.0748. The van der Waals surface area contributed by atoms with Crippen molar-refractivity contribution in [3.63, 3.8) is 0 Å². The van der Waals surface area contributed by atoms with Crippen LogP contribution in [0, 0.1) is 6.92 Å². The van der Waals surface area contributed by atoms with Gasteiger partial charge in [0.25, 0.3) is 5.91 Å². The Morgan fingerprint density at radius 2 is 1.92 bits per heavy atom. The molecule has 0 bridgehead atoms. The third-order valence-electron chi connectivity index (χ3n) is 3.43. The van der Waals surface area contributed by atoms with Gasteiger partial charge in [-0.05, 0) is 42.8 Å². The second-order valence-corrected chi connectivity index (χ2v) is 8.15. The number of nitrogens with one attached hydrogen (secondary N) is 1. The van der Waals surface area contributed by atoms with Crippen LogP contribution in [0.4, 0.5) is 5.69 Å². The van der Waals surface area contributed by atoms with Gasteiger partial charge in [0.1, 0.15) is 5.75 Å². The van der Waals surface area contributed by atoms with Gasteiger partial charge in [-0.15, -0.1) is 0 Å². The molecule has 2 aromatic rings. The fraction of sp³-hybridized carbons (Fsp3) is 0.235. The Hall–Kier alpha value is -2.09. The molecule has 8 heteroatoms. The summed E-state index contributed by atoms with van der Waals surface area (Å²) < 4.78 is 30.9. The molecule has 2 rings (SSSR count). The number of aryl methyl sites for hydroxylation is 1. The first-order valence-corrected chi connectivity index (χ1v) is 9.23. The molecule has 0 heterocycles. The molecule has 2 aromatic carbocycles. The zero-order valence-electron chi connectivity index (χ0n) is 14.1. The number of hydrogen-bond acceptors (Lipinski definition) is 4. The van der Waals surface area contributed by atoms with E-state index in [1.807, 2.05) is 0 Å². The normalized spacial score (nSPS) is 11.4. The van der Waals surface area contributed by atoms with Crippen LogP contribution in [0.2, 0.25) is 5.02 Å². The third-order valence-corrected chi connectivity index (χ3v) is 5.47. The maximum absolute atomic E-state index is 12.2. The number of carbonyl (C=O) groups is 1. The van der Waals surface area contributed by atoms with E-state index in [1.165, 1.54) is 26.2 Å². The lowest BCUT2D eigenvalue weighted by Crippen LogP contribution is -2.23. The van der Waals surface area contributed by atoms with Crippen molar-refractivity contribution in [1.82, 2.24) is 4.31 Å². The highest BCUT2D eigenvalue weighted by Gasteiger charge is 2.18. The molecule has 0 saturated heterocycles. The minimum atomic E-state index is -3.58. The second-order valence-electron chi connectivity index (χ2n) is 5.56. The number of nitrogens with zero attached hydrogens (tertiary/aromatic N) is 1. The number of amides is 1. The maximum atomic E-state index is 12.2. The molecule has 0 spiro atoms. The number of halogens is 1. The molecule has 0 unspecified atom stereocenters. The summed E-state index contributed by atoms with van der Waals surface area (Å²) in [5, 5.41) is 3.18. The summed E-state index contributed by atoms with van der Waals surface area (Å²) in [6, 6.07) is 11.3. The summed E-state index contributed by atoms with van der Waals surface area (Å²) in [5.41, 5.74) is 1.16. The van der Waals surface area contributed by atoms with E-state index in [2.05, 4.69) is 5.32 Å². The zero-order valence-corrected chi connectivity index (χ0v) is 15.7. The average Bonchev–Trinajstić information content (AvgIpc) is 2.55. The van der Waals surface area contributed by atoms with Crippen molar-refractivity contribution in [2.45, 2.75) is 11.8 Å². The van der Waals surface area contributed by atoms with Crippen molar-refractivity contribution >= 4 is 33.2 Å². The lowest BCUT2D eigenvalue weighted by Gasteiger charge is -2.14. The molecular weight excluding hydrogens is 364 g/mol. The van der Waals surface area contributed by atoms with Crippen molar-refractivity contribution in [2.24, 2.45) is 0 Å². The van der Waals surface area contributed by atoms with Crippen LogP contribution in [0.3, 0.4) is 0 Å². The van der Waals surface area contributed by atoms with Crippen LogP contribution in [-0.4, -0.2) is 39.3 Å². The lowest BCUT2D eigenvalue weighted by molar-refractivity contribution is -0.118.